The minimum Gasteiger partial charge on any atom is -0.323 e. The van der Waals surface area contributed by atoms with Crippen molar-refractivity contribution in [3.8, 4) is 28.1 Å². The van der Waals surface area contributed by atoms with Crippen LogP contribution in [0.2, 0.25) is 10.2 Å². The number of carbonyl (C=O) groups is 1. The molecule has 5 heterocycles. The molecule has 1 amide bonds. The summed E-state index contributed by atoms with van der Waals surface area (Å²) in [5, 5.41) is 16.1. The lowest BCUT2D eigenvalue weighted by Gasteiger charge is -2.28. The summed E-state index contributed by atoms with van der Waals surface area (Å²) in [7, 11) is 0. The Balaban J connectivity index is 1.34. The van der Waals surface area contributed by atoms with Gasteiger partial charge in [-0.2, -0.15) is 5.10 Å². The van der Waals surface area contributed by atoms with Crippen LogP contribution in [-0.4, -0.2) is 40.2 Å². The number of nitrogens with zero attached hydrogens (tertiary/aromatic N) is 7. The molecule has 4 aromatic heterocycles. The molecule has 2 aliphatic rings. The van der Waals surface area contributed by atoms with Gasteiger partial charge >= 0.3 is 0 Å². The zero-order chi connectivity index (χ0) is 31.2. The van der Waals surface area contributed by atoms with E-state index in [4.69, 9.17) is 23.2 Å². The van der Waals surface area contributed by atoms with Crippen molar-refractivity contribution in [1.29, 1.82) is 0 Å². The van der Waals surface area contributed by atoms with Crippen molar-refractivity contribution in [1.82, 2.24) is 34.3 Å². The minimum atomic E-state index is -0.621. The van der Waals surface area contributed by atoms with E-state index >= 15 is 4.39 Å². The molecule has 0 radical (unpaired) electrons. The Labute approximate surface area is 267 Å². The summed E-state index contributed by atoms with van der Waals surface area (Å²) in [5.74, 6) is -0.988. The molecule has 1 aromatic carbocycles. The van der Waals surface area contributed by atoms with Crippen LogP contribution >= 0.6 is 23.2 Å². The maximum absolute atomic E-state index is 16.1. The van der Waals surface area contributed by atoms with E-state index in [0.717, 1.165) is 30.5 Å². The van der Waals surface area contributed by atoms with Gasteiger partial charge in [0.05, 0.1) is 47.2 Å². The fraction of sp³-hybridized carbons (Fsp3) is 0.312. The molecule has 2 atom stereocenters. The highest BCUT2D eigenvalue weighted by Crippen LogP contribution is 2.40. The Kier molecular flexibility index (Phi) is 7.74. The van der Waals surface area contributed by atoms with E-state index in [0.29, 0.717) is 46.9 Å². The lowest BCUT2D eigenvalue weighted by molar-refractivity contribution is -0.119. The second-order valence-electron chi connectivity index (χ2n) is 11.7. The summed E-state index contributed by atoms with van der Waals surface area (Å²) < 4.78 is 20.9. The van der Waals surface area contributed by atoms with Crippen LogP contribution in [0, 0.1) is 11.7 Å². The molecule has 1 fully saturated rings. The Hall–Kier alpha value is -4.35. The van der Waals surface area contributed by atoms with Gasteiger partial charge in [0.1, 0.15) is 5.82 Å². The molecule has 1 aliphatic carbocycles. The fourth-order valence-electron chi connectivity index (χ4n) is 6.12. The normalized spacial score (nSPS) is 18.8. The van der Waals surface area contributed by atoms with Crippen molar-refractivity contribution in [2.75, 3.05) is 5.32 Å². The standard InChI is InChI=1S/C32H29Cl2FN8O2/c1-18-4-2-7-28(25-12-19(10-11-36-25)31-26(38-32(18)45)15-37-43(31)21-5-3-6-21)41-16-24(35)22(14-30(41)44)23-13-20(33)8-9-27(23)42-17-29(34)39-40-42/h8-18,21,28H,2-7H2,1H3,(H,38,45)/t18-,28+/m1/s1. The highest BCUT2D eigenvalue weighted by molar-refractivity contribution is 6.31. The highest BCUT2D eigenvalue weighted by atomic mass is 35.5. The van der Waals surface area contributed by atoms with E-state index in [1.807, 2.05) is 23.7 Å². The first-order chi connectivity index (χ1) is 21.8. The van der Waals surface area contributed by atoms with E-state index in [9.17, 15) is 9.59 Å². The fourth-order valence-corrected chi connectivity index (χ4v) is 6.42. The number of anilines is 1. The van der Waals surface area contributed by atoms with E-state index in [1.54, 1.807) is 30.6 Å². The Morgan fingerprint density at radius 2 is 1.80 bits per heavy atom. The van der Waals surface area contributed by atoms with Gasteiger partial charge in [0.25, 0.3) is 5.56 Å². The molecule has 2 bridgehead atoms. The molecule has 1 saturated carbocycles. The van der Waals surface area contributed by atoms with Crippen molar-refractivity contribution in [2.24, 2.45) is 5.92 Å². The summed E-state index contributed by atoms with van der Waals surface area (Å²) in [6, 6.07) is 9.61. The number of amides is 1. The number of halogens is 3. The molecule has 0 spiro atoms. The number of hydrogen-bond donors (Lipinski definition) is 1. The third-order valence-electron chi connectivity index (χ3n) is 8.76. The molecular formula is C32H29Cl2FN8O2. The molecule has 45 heavy (non-hydrogen) atoms. The predicted molar refractivity (Wildman–Crippen MR) is 169 cm³/mol. The number of carbonyl (C=O) groups excluding carboxylic acids is 1. The van der Waals surface area contributed by atoms with Crippen molar-refractivity contribution in [3.05, 3.63) is 93.2 Å². The van der Waals surface area contributed by atoms with Crippen LogP contribution in [-0.2, 0) is 4.79 Å². The molecule has 1 N–H and O–H groups in total. The number of benzene rings is 1. The number of rotatable bonds is 4. The summed E-state index contributed by atoms with van der Waals surface area (Å²) in [6.45, 7) is 1.88. The van der Waals surface area contributed by atoms with Crippen LogP contribution < -0.4 is 10.9 Å². The lowest BCUT2D eigenvalue weighted by Crippen LogP contribution is -2.27. The van der Waals surface area contributed by atoms with Crippen LogP contribution in [0.5, 0.6) is 0 Å². The average Bonchev–Trinajstić information content (AvgIpc) is 3.61. The van der Waals surface area contributed by atoms with Gasteiger partial charge in [0, 0.05) is 46.1 Å². The second kappa shape index (κ2) is 11.9. The second-order valence-corrected chi connectivity index (χ2v) is 12.5. The van der Waals surface area contributed by atoms with Gasteiger partial charge in [-0.3, -0.25) is 19.3 Å². The third-order valence-corrected chi connectivity index (χ3v) is 9.17. The summed E-state index contributed by atoms with van der Waals surface area (Å²) >= 11 is 12.3. The summed E-state index contributed by atoms with van der Waals surface area (Å²) in [4.78, 5) is 31.7. The van der Waals surface area contributed by atoms with Gasteiger partial charge in [-0.1, -0.05) is 41.8 Å². The van der Waals surface area contributed by atoms with Crippen molar-refractivity contribution in [2.45, 2.75) is 57.5 Å². The third kappa shape index (κ3) is 5.55. The van der Waals surface area contributed by atoms with Crippen LogP contribution in [0.25, 0.3) is 28.1 Å². The zero-order valence-corrected chi connectivity index (χ0v) is 25.8. The van der Waals surface area contributed by atoms with Crippen LogP contribution in [0.1, 0.15) is 63.2 Å². The van der Waals surface area contributed by atoms with E-state index in [1.165, 1.54) is 27.7 Å². The lowest BCUT2D eigenvalue weighted by atomic mass is 9.92. The Morgan fingerprint density at radius 1 is 0.978 bits per heavy atom. The van der Waals surface area contributed by atoms with Gasteiger partial charge in [-0.25, -0.2) is 9.07 Å². The van der Waals surface area contributed by atoms with Gasteiger partial charge in [0.15, 0.2) is 5.15 Å². The van der Waals surface area contributed by atoms with Gasteiger partial charge in [-0.15, -0.1) is 5.10 Å². The smallest absolute Gasteiger partial charge is 0.251 e. The van der Waals surface area contributed by atoms with Crippen LogP contribution in [0.3, 0.4) is 0 Å². The summed E-state index contributed by atoms with van der Waals surface area (Å²) in [6.07, 6.45) is 10.9. The van der Waals surface area contributed by atoms with Crippen molar-refractivity contribution < 1.29 is 9.18 Å². The number of fused-ring (bicyclic) bond motifs is 4. The molecule has 7 rings (SSSR count). The SMILES string of the molecule is C[C@@H]1CCC[C@H](n2cc(F)c(-c3cc(Cl)ccc3-n3cc(Cl)nn3)cc2=O)c2cc(ccn2)-c2c(cnn2C2CCC2)NC1=O. The predicted octanol–water partition coefficient (Wildman–Crippen LogP) is 6.87. The first kappa shape index (κ1) is 29.4. The first-order valence-electron chi connectivity index (χ1n) is 14.9. The Morgan fingerprint density at radius 3 is 2.56 bits per heavy atom. The molecule has 1 aliphatic heterocycles. The first-order valence-corrected chi connectivity index (χ1v) is 15.7. The van der Waals surface area contributed by atoms with Gasteiger partial charge in [-0.05, 0) is 62.4 Å². The topological polar surface area (TPSA) is 113 Å². The molecule has 0 unspecified atom stereocenters. The van der Waals surface area contributed by atoms with E-state index in [2.05, 4.69) is 25.7 Å². The minimum absolute atomic E-state index is 0.0644. The van der Waals surface area contributed by atoms with Crippen molar-refractivity contribution >= 4 is 34.8 Å². The zero-order valence-electron chi connectivity index (χ0n) is 24.3. The molecule has 5 aromatic rings. The summed E-state index contributed by atoms with van der Waals surface area (Å²) in [5.41, 5.74) is 3.36. The quantitative estimate of drug-likeness (QED) is 0.228. The van der Waals surface area contributed by atoms with Gasteiger partial charge < -0.3 is 9.88 Å². The van der Waals surface area contributed by atoms with Gasteiger partial charge in [0.2, 0.25) is 5.91 Å². The number of hydrogen-bond acceptors (Lipinski definition) is 6. The maximum atomic E-state index is 16.1. The Bertz CT molecular complexity index is 1980. The van der Waals surface area contributed by atoms with E-state index in [-0.39, 0.29) is 28.6 Å². The number of pyridine rings is 2. The van der Waals surface area contributed by atoms with Crippen LogP contribution in [0.15, 0.2) is 66.0 Å². The average molecular weight is 648 g/mol. The number of aromatic nitrogens is 7. The molecule has 230 valence electrons. The largest absolute Gasteiger partial charge is 0.323 e. The van der Waals surface area contributed by atoms with Crippen LogP contribution in [0.4, 0.5) is 10.1 Å². The molecule has 0 saturated heterocycles. The van der Waals surface area contributed by atoms with Crippen molar-refractivity contribution in [3.63, 3.8) is 0 Å². The molecule has 10 nitrogen and oxygen atoms in total. The van der Waals surface area contributed by atoms with E-state index < -0.39 is 17.4 Å². The monoisotopic (exact) mass is 646 g/mol. The highest BCUT2D eigenvalue weighted by Gasteiger charge is 2.29. The maximum Gasteiger partial charge on any atom is 0.251 e. The number of nitrogens with one attached hydrogen (secondary N) is 1. The molecule has 13 heteroatoms. The molecular weight excluding hydrogens is 618 g/mol.